The van der Waals surface area contributed by atoms with Crippen LogP contribution >= 0.6 is 23.4 Å². The molecule has 0 atom stereocenters. The van der Waals surface area contributed by atoms with Gasteiger partial charge in [0.25, 0.3) is 0 Å². The molecule has 0 spiro atoms. The minimum atomic E-state index is 0.756. The average Bonchev–Trinajstić information content (AvgIpc) is 2.41. The Labute approximate surface area is 117 Å². The van der Waals surface area contributed by atoms with Crippen molar-refractivity contribution in [1.82, 2.24) is 4.98 Å². The Morgan fingerprint density at radius 2 is 2.17 bits per heavy atom. The minimum absolute atomic E-state index is 0.756. The molecule has 2 rings (SSSR count). The number of anilines is 1. The van der Waals surface area contributed by atoms with Gasteiger partial charge in [-0.1, -0.05) is 11.6 Å². The highest BCUT2D eigenvalue weighted by molar-refractivity contribution is 7.98. The van der Waals surface area contributed by atoms with Crippen LogP contribution < -0.4 is 5.32 Å². The van der Waals surface area contributed by atoms with E-state index in [9.17, 15) is 0 Å². The Balaban J connectivity index is 2.07. The summed E-state index contributed by atoms with van der Waals surface area (Å²) in [6.45, 7) is 0.980. The highest BCUT2D eigenvalue weighted by Gasteiger charge is 2.04. The van der Waals surface area contributed by atoms with Gasteiger partial charge in [0.15, 0.2) is 0 Å². The maximum Gasteiger partial charge on any atom is 0.0948 e. The lowest BCUT2D eigenvalue weighted by molar-refractivity contribution is 0.844. The van der Waals surface area contributed by atoms with Gasteiger partial charge in [-0.05, 0) is 49.1 Å². The molecule has 1 aromatic heterocycles. The van der Waals surface area contributed by atoms with E-state index in [-0.39, 0.29) is 0 Å². The number of unbranched alkanes of at least 4 members (excludes halogenated alkanes) is 1. The van der Waals surface area contributed by atoms with Crippen LogP contribution in [0.1, 0.15) is 12.8 Å². The van der Waals surface area contributed by atoms with Gasteiger partial charge in [0.1, 0.15) is 0 Å². The smallest absolute Gasteiger partial charge is 0.0948 e. The summed E-state index contributed by atoms with van der Waals surface area (Å²) in [5.41, 5.74) is 2.02. The third-order valence-corrected chi connectivity index (χ3v) is 3.83. The van der Waals surface area contributed by atoms with Gasteiger partial charge >= 0.3 is 0 Å². The van der Waals surface area contributed by atoms with E-state index in [4.69, 9.17) is 11.6 Å². The number of hydrogen-bond donors (Lipinski definition) is 1. The number of thioether (sulfide) groups is 1. The average molecular weight is 281 g/mol. The van der Waals surface area contributed by atoms with Gasteiger partial charge in [-0.15, -0.1) is 0 Å². The fourth-order valence-corrected chi connectivity index (χ4v) is 2.58. The number of benzene rings is 1. The molecule has 0 bridgehead atoms. The lowest BCUT2D eigenvalue weighted by Gasteiger charge is -2.09. The molecule has 18 heavy (non-hydrogen) atoms. The first kappa shape index (κ1) is 13.5. The summed E-state index contributed by atoms with van der Waals surface area (Å²) in [6, 6.07) is 7.85. The zero-order valence-corrected chi connectivity index (χ0v) is 12.0. The van der Waals surface area contributed by atoms with Gasteiger partial charge in [0, 0.05) is 18.1 Å². The first-order valence-electron chi connectivity index (χ1n) is 6.09. The second-order valence-corrected chi connectivity index (χ2v) is 5.51. The van der Waals surface area contributed by atoms with E-state index in [0.29, 0.717) is 0 Å². The van der Waals surface area contributed by atoms with Crippen LogP contribution in [0, 0.1) is 0 Å². The third kappa shape index (κ3) is 3.30. The van der Waals surface area contributed by atoms with Crippen LogP contribution in [0.5, 0.6) is 0 Å². The summed E-state index contributed by atoms with van der Waals surface area (Å²) in [5.74, 6) is 1.22. The molecule has 1 N–H and O–H groups in total. The maximum atomic E-state index is 6.16. The van der Waals surface area contributed by atoms with Crippen molar-refractivity contribution in [3.8, 4) is 0 Å². The fraction of sp³-hybridized carbons (Fsp3) is 0.357. The number of rotatable bonds is 6. The molecule has 1 aromatic carbocycles. The predicted molar refractivity (Wildman–Crippen MR) is 82.9 cm³/mol. The van der Waals surface area contributed by atoms with Crippen LogP contribution in [0.4, 0.5) is 5.69 Å². The van der Waals surface area contributed by atoms with Crippen LogP contribution in [-0.2, 0) is 0 Å². The first-order chi connectivity index (χ1) is 8.83. The molecule has 0 aliphatic heterocycles. The lowest BCUT2D eigenvalue weighted by Crippen LogP contribution is -2.03. The summed E-state index contributed by atoms with van der Waals surface area (Å²) >= 11 is 8.06. The van der Waals surface area contributed by atoms with Crippen LogP contribution in [0.3, 0.4) is 0 Å². The quantitative estimate of drug-likeness (QED) is 0.792. The molecule has 96 valence electrons. The van der Waals surface area contributed by atoms with Crippen molar-refractivity contribution in [3.05, 3.63) is 35.5 Å². The van der Waals surface area contributed by atoms with E-state index in [1.54, 1.807) is 6.20 Å². The van der Waals surface area contributed by atoms with E-state index >= 15 is 0 Å². The number of halogens is 1. The predicted octanol–water partition coefficient (Wildman–Crippen LogP) is 4.44. The Kier molecular flexibility index (Phi) is 5.14. The molecule has 2 nitrogen and oxygen atoms in total. The Morgan fingerprint density at radius 3 is 3.00 bits per heavy atom. The van der Waals surface area contributed by atoms with Crippen LogP contribution in [0.25, 0.3) is 10.9 Å². The Bertz CT molecular complexity index is 516. The molecular formula is C14H17ClN2S. The van der Waals surface area contributed by atoms with Crippen LogP contribution in [0.2, 0.25) is 5.02 Å². The molecule has 0 radical (unpaired) electrons. The monoisotopic (exact) mass is 280 g/mol. The van der Waals surface area contributed by atoms with Crippen molar-refractivity contribution in [1.29, 1.82) is 0 Å². The highest BCUT2D eigenvalue weighted by atomic mass is 35.5. The Morgan fingerprint density at radius 1 is 1.28 bits per heavy atom. The molecule has 0 aliphatic carbocycles. The lowest BCUT2D eigenvalue weighted by atomic mass is 10.2. The van der Waals surface area contributed by atoms with E-state index in [1.807, 2.05) is 36.0 Å². The molecular weight excluding hydrogens is 264 g/mol. The maximum absolute atomic E-state index is 6.16. The number of pyridine rings is 1. The van der Waals surface area contributed by atoms with E-state index in [2.05, 4.69) is 16.6 Å². The first-order valence-corrected chi connectivity index (χ1v) is 7.86. The molecule has 0 saturated heterocycles. The SMILES string of the molecule is CSCCCCNc1ccc(Cl)c2cccnc12. The van der Waals surface area contributed by atoms with Crippen molar-refractivity contribution < 1.29 is 0 Å². The molecule has 1 heterocycles. The molecule has 0 amide bonds. The van der Waals surface area contributed by atoms with Gasteiger partial charge in [-0.2, -0.15) is 11.8 Å². The zero-order chi connectivity index (χ0) is 12.8. The molecule has 0 fully saturated rings. The zero-order valence-electron chi connectivity index (χ0n) is 10.4. The molecule has 0 aliphatic rings. The van der Waals surface area contributed by atoms with Crippen molar-refractivity contribution in [2.24, 2.45) is 0 Å². The summed E-state index contributed by atoms with van der Waals surface area (Å²) < 4.78 is 0. The highest BCUT2D eigenvalue weighted by Crippen LogP contribution is 2.27. The number of hydrogen-bond acceptors (Lipinski definition) is 3. The number of fused-ring (bicyclic) bond motifs is 1. The standard InChI is InChI=1S/C14H17ClN2S/c1-18-10-3-2-8-16-13-7-6-12(15)11-5-4-9-17-14(11)13/h4-7,9,16H,2-3,8,10H2,1H3. The van der Waals surface area contributed by atoms with Crippen molar-refractivity contribution in [2.45, 2.75) is 12.8 Å². The van der Waals surface area contributed by atoms with Gasteiger partial charge in [-0.25, -0.2) is 0 Å². The third-order valence-electron chi connectivity index (χ3n) is 2.81. The van der Waals surface area contributed by atoms with Gasteiger partial charge in [0.2, 0.25) is 0 Å². The van der Waals surface area contributed by atoms with Crippen molar-refractivity contribution in [2.75, 3.05) is 23.9 Å². The number of nitrogens with zero attached hydrogens (tertiary/aromatic N) is 1. The topological polar surface area (TPSA) is 24.9 Å². The van der Waals surface area contributed by atoms with E-state index < -0.39 is 0 Å². The number of nitrogens with one attached hydrogen (secondary N) is 1. The summed E-state index contributed by atoms with van der Waals surface area (Å²) in [4.78, 5) is 4.41. The van der Waals surface area contributed by atoms with Crippen molar-refractivity contribution in [3.63, 3.8) is 0 Å². The molecule has 0 unspecified atom stereocenters. The minimum Gasteiger partial charge on any atom is -0.383 e. The van der Waals surface area contributed by atoms with E-state index in [1.165, 1.54) is 18.6 Å². The largest absolute Gasteiger partial charge is 0.383 e. The second-order valence-electron chi connectivity index (χ2n) is 4.12. The molecule has 2 aromatic rings. The summed E-state index contributed by atoms with van der Waals surface area (Å²) in [7, 11) is 0. The van der Waals surface area contributed by atoms with Crippen molar-refractivity contribution >= 4 is 40.0 Å². The summed E-state index contributed by atoms with van der Waals surface area (Å²) in [6.07, 6.45) is 6.37. The molecule has 0 saturated carbocycles. The second kappa shape index (κ2) is 6.86. The fourth-order valence-electron chi connectivity index (χ4n) is 1.87. The van der Waals surface area contributed by atoms with Gasteiger partial charge < -0.3 is 5.32 Å². The normalized spacial score (nSPS) is 10.8. The van der Waals surface area contributed by atoms with Crippen LogP contribution in [-0.4, -0.2) is 23.5 Å². The van der Waals surface area contributed by atoms with Gasteiger partial charge in [0.05, 0.1) is 16.2 Å². The van der Waals surface area contributed by atoms with Crippen LogP contribution in [0.15, 0.2) is 30.5 Å². The molecule has 4 heteroatoms. The number of aromatic nitrogens is 1. The Hall–Kier alpha value is -0.930. The van der Waals surface area contributed by atoms with E-state index in [0.717, 1.165) is 28.2 Å². The van der Waals surface area contributed by atoms with Gasteiger partial charge in [-0.3, -0.25) is 4.98 Å². The summed E-state index contributed by atoms with van der Waals surface area (Å²) in [5, 5.41) is 5.21.